The summed E-state index contributed by atoms with van der Waals surface area (Å²) in [6.07, 6.45) is 7.55. The Labute approximate surface area is 117 Å². The zero-order valence-electron chi connectivity index (χ0n) is 12.6. The van der Waals surface area contributed by atoms with Crippen LogP contribution in [-0.4, -0.2) is 24.2 Å². The van der Waals surface area contributed by atoms with Crippen LogP contribution in [0.4, 0.5) is 0 Å². The summed E-state index contributed by atoms with van der Waals surface area (Å²) in [7, 11) is 0. The third-order valence-electron chi connectivity index (χ3n) is 3.58. The molecule has 4 atom stereocenters. The third kappa shape index (κ3) is 5.19. The zero-order chi connectivity index (χ0) is 14.4. The van der Waals surface area contributed by atoms with Crippen molar-refractivity contribution in [2.45, 2.75) is 58.8 Å². The summed E-state index contributed by atoms with van der Waals surface area (Å²) in [5.74, 6) is 0.804. The third-order valence-corrected chi connectivity index (χ3v) is 3.58. The van der Waals surface area contributed by atoms with E-state index in [0.29, 0.717) is 11.8 Å². The fourth-order valence-corrected chi connectivity index (χ4v) is 2.39. The van der Waals surface area contributed by atoms with Crippen LogP contribution >= 0.6 is 0 Å². The second-order valence-electron chi connectivity index (χ2n) is 5.84. The lowest BCUT2D eigenvalue weighted by Gasteiger charge is -2.39. The standard InChI is InChI=1S/C16H27NO2/c1-6-7-15-12(4)10-14(13(5)19-15)17-16(18)9-8-11(2)3/h6,8-9,11-15H,1,7,10H2,2-5H3,(H,17,18)/b9-8-/t12-,13-,14-,15+/m1/s1. The number of hydrogen-bond acceptors (Lipinski definition) is 2. The maximum Gasteiger partial charge on any atom is 0.243 e. The van der Waals surface area contributed by atoms with Gasteiger partial charge in [0.1, 0.15) is 0 Å². The molecule has 3 heteroatoms. The first-order chi connectivity index (χ1) is 8.93. The minimum absolute atomic E-state index is 0.0245. The van der Waals surface area contributed by atoms with Crippen molar-refractivity contribution < 1.29 is 9.53 Å². The van der Waals surface area contributed by atoms with E-state index in [9.17, 15) is 4.79 Å². The molecular weight excluding hydrogens is 238 g/mol. The number of amides is 1. The first-order valence-corrected chi connectivity index (χ1v) is 7.19. The number of hydrogen-bond donors (Lipinski definition) is 1. The normalized spacial score (nSPS) is 31.6. The predicted molar refractivity (Wildman–Crippen MR) is 78.8 cm³/mol. The van der Waals surface area contributed by atoms with E-state index in [1.807, 2.05) is 19.1 Å². The van der Waals surface area contributed by atoms with Gasteiger partial charge in [0.05, 0.1) is 18.2 Å². The molecule has 1 amide bonds. The molecule has 0 aromatic heterocycles. The van der Waals surface area contributed by atoms with Crippen LogP contribution in [0.1, 0.15) is 40.5 Å². The summed E-state index contributed by atoms with van der Waals surface area (Å²) in [5.41, 5.74) is 0. The topological polar surface area (TPSA) is 38.3 Å². The van der Waals surface area contributed by atoms with Crippen molar-refractivity contribution in [1.82, 2.24) is 5.32 Å². The van der Waals surface area contributed by atoms with E-state index in [-0.39, 0.29) is 24.2 Å². The molecule has 1 aliphatic rings. The molecule has 1 heterocycles. The molecule has 1 N–H and O–H groups in total. The highest BCUT2D eigenvalue weighted by atomic mass is 16.5. The molecule has 0 unspecified atom stereocenters. The van der Waals surface area contributed by atoms with Crippen molar-refractivity contribution >= 4 is 5.91 Å². The molecule has 0 radical (unpaired) electrons. The first kappa shape index (κ1) is 16.0. The lowest BCUT2D eigenvalue weighted by molar-refractivity contribution is -0.123. The summed E-state index contributed by atoms with van der Waals surface area (Å²) in [4.78, 5) is 11.8. The van der Waals surface area contributed by atoms with Gasteiger partial charge in [-0.3, -0.25) is 4.79 Å². The molecule has 3 nitrogen and oxygen atoms in total. The molecule has 19 heavy (non-hydrogen) atoms. The van der Waals surface area contributed by atoms with E-state index in [2.05, 4.69) is 32.7 Å². The molecule has 1 aliphatic heterocycles. The number of rotatable bonds is 5. The maximum atomic E-state index is 11.8. The van der Waals surface area contributed by atoms with E-state index in [0.717, 1.165) is 12.8 Å². The van der Waals surface area contributed by atoms with Crippen LogP contribution in [0.15, 0.2) is 24.8 Å². The van der Waals surface area contributed by atoms with Crippen LogP contribution in [0.2, 0.25) is 0 Å². The van der Waals surface area contributed by atoms with Crippen molar-refractivity contribution in [2.24, 2.45) is 11.8 Å². The highest BCUT2D eigenvalue weighted by molar-refractivity contribution is 5.87. The van der Waals surface area contributed by atoms with Gasteiger partial charge in [-0.2, -0.15) is 0 Å². The van der Waals surface area contributed by atoms with Crippen molar-refractivity contribution in [3.8, 4) is 0 Å². The number of ether oxygens (including phenoxy) is 1. The van der Waals surface area contributed by atoms with Crippen molar-refractivity contribution in [2.75, 3.05) is 0 Å². The largest absolute Gasteiger partial charge is 0.373 e. The maximum absolute atomic E-state index is 11.8. The molecule has 1 saturated heterocycles. The lowest BCUT2D eigenvalue weighted by Crippen LogP contribution is -2.50. The Morgan fingerprint density at radius 2 is 2.16 bits per heavy atom. The molecule has 0 saturated carbocycles. The minimum Gasteiger partial charge on any atom is -0.373 e. The second-order valence-corrected chi connectivity index (χ2v) is 5.84. The summed E-state index contributed by atoms with van der Waals surface area (Å²) in [6, 6.07) is 0.0976. The highest BCUT2D eigenvalue weighted by Gasteiger charge is 2.33. The van der Waals surface area contributed by atoms with Gasteiger partial charge in [0.15, 0.2) is 0 Å². The van der Waals surface area contributed by atoms with Gasteiger partial charge in [-0.15, -0.1) is 6.58 Å². The monoisotopic (exact) mass is 265 g/mol. The van der Waals surface area contributed by atoms with Gasteiger partial charge in [0.2, 0.25) is 5.91 Å². The number of carbonyl (C=O) groups excluding carboxylic acids is 1. The van der Waals surface area contributed by atoms with Crippen LogP contribution in [0.3, 0.4) is 0 Å². The van der Waals surface area contributed by atoms with Gasteiger partial charge in [-0.1, -0.05) is 32.9 Å². The number of nitrogens with one attached hydrogen (secondary N) is 1. The molecule has 0 aromatic carbocycles. The Balaban J connectivity index is 2.51. The number of allylic oxidation sites excluding steroid dienone is 1. The average molecular weight is 265 g/mol. The van der Waals surface area contributed by atoms with Gasteiger partial charge in [-0.25, -0.2) is 0 Å². The van der Waals surface area contributed by atoms with E-state index < -0.39 is 0 Å². The van der Waals surface area contributed by atoms with Gasteiger partial charge in [0.25, 0.3) is 0 Å². The van der Waals surface area contributed by atoms with Crippen molar-refractivity contribution in [3.05, 3.63) is 24.8 Å². The predicted octanol–water partition coefficient (Wildman–Crippen LogP) is 3.07. The molecule has 0 aliphatic carbocycles. The second kappa shape index (κ2) is 7.49. The van der Waals surface area contributed by atoms with Crippen LogP contribution < -0.4 is 5.32 Å². The van der Waals surface area contributed by atoms with Gasteiger partial charge < -0.3 is 10.1 Å². The van der Waals surface area contributed by atoms with E-state index in [4.69, 9.17) is 4.74 Å². The zero-order valence-corrected chi connectivity index (χ0v) is 12.6. The van der Waals surface area contributed by atoms with Gasteiger partial charge in [-0.05, 0) is 37.7 Å². The van der Waals surface area contributed by atoms with Crippen LogP contribution in [0.5, 0.6) is 0 Å². The molecule has 108 valence electrons. The Morgan fingerprint density at radius 3 is 2.74 bits per heavy atom. The molecule has 0 bridgehead atoms. The van der Waals surface area contributed by atoms with Gasteiger partial charge >= 0.3 is 0 Å². The Hall–Kier alpha value is -1.09. The van der Waals surface area contributed by atoms with E-state index in [1.165, 1.54) is 0 Å². The summed E-state index contributed by atoms with van der Waals surface area (Å²) in [6.45, 7) is 12.1. The minimum atomic E-state index is -0.0245. The van der Waals surface area contributed by atoms with E-state index >= 15 is 0 Å². The fraction of sp³-hybridized carbons (Fsp3) is 0.688. The molecule has 0 aromatic rings. The summed E-state index contributed by atoms with van der Waals surface area (Å²) in [5, 5.41) is 3.04. The van der Waals surface area contributed by atoms with Crippen LogP contribution in [0, 0.1) is 11.8 Å². The van der Waals surface area contributed by atoms with Crippen molar-refractivity contribution in [3.63, 3.8) is 0 Å². The van der Waals surface area contributed by atoms with Crippen LogP contribution in [0.25, 0.3) is 0 Å². The van der Waals surface area contributed by atoms with Crippen molar-refractivity contribution in [1.29, 1.82) is 0 Å². The quantitative estimate of drug-likeness (QED) is 0.613. The summed E-state index contributed by atoms with van der Waals surface area (Å²) >= 11 is 0. The SMILES string of the molecule is C=CC[C@@H]1O[C@H](C)[C@H](NC(=O)/C=C\C(C)C)C[C@H]1C. The molecular formula is C16H27NO2. The smallest absolute Gasteiger partial charge is 0.243 e. The lowest BCUT2D eigenvalue weighted by atomic mass is 9.88. The Bertz CT molecular complexity index is 336. The molecule has 1 rings (SSSR count). The molecule has 0 spiro atoms. The fourth-order valence-electron chi connectivity index (χ4n) is 2.39. The Kier molecular flexibility index (Phi) is 6.29. The van der Waals surface area contributed by atoms with Gasteiger partial charge in [0, 0.05) is 0 Å². The van der Waals surface area contributed by atoms with E-state index in [1.54, 1.807) is 6.08 Å². The Morgan fingerprint density at radius 1 is 1.47 bits per heavy atom. The number of carbonyl (C=O) groups is 1. The van der Waals surface area contributed by atoms with Crippen LogP contribution in [-0.2, 0) is 9.53 Å². The highest BCUT2D eigenvalue weighted by Crippen LogP contribution is 2.27. The summed E-state index contributed by atoms with van der Waals surface area (Å²) < 4.78 is 5.97. The molecule has 1 fully saturated rings. The first-order valence-electron chi connectivity index (χ1n) is 7.19. The average Bonchev–Trinajstić information content (AvgIpc) is 2.33.